The first-order valence-corrected chi connectivity index (χ1v) is 22.5. The van der Waals surface area contributed by atoms with Crippen LogP contribution in [0.3, 0.4) is 0 Å². The summed E-state index contributed by atoms with van der Waals surface area (Å²) < 4.78 is 0. The third-order valence-electron chi connectivity index (χ3n) is 11.7. The number of aromatic hydroxyl groups is 2. The fourth-order valence-corrected chi connectivity index (χ4v) is 7.76. The van der Waals surface area contributed by atoms with Crippen LogP contribution < -0.4 is 53.6 Å². The lowest BCUT2D eigenvalue weighted by Crippen LogP contribution is -2.62. The quantitative estimate of drug-likeness (QED) is 0.0276. The van der Waals surface area contributed by atoms with Crippen molar-refractivity contribution in [2.45, 2.75) is 139 Å². The summed E-state index contributed by atoms with van der Waals surface area (Å²) in [6, 6.07) is -8.21. The predicted molar refractivity (Wildman–Crippen MR) is 241 cm³/mol. The van der Waals surface area contributed by atoms with Gasteiger partial charge in [-0.3, -0.25) is 53.4 Å². The number of nitrogens with two attached hydrogens (primary N) is 2. The molecule has 0 aliphatic carbocycles. The number of nitrogens with one attached hydrogen (secondary N) is 7. The number of amidine groups is 1. The molecule has 0 radical (unpaired) electrons. The highest BCUT2D eigenvalue weighted by Gasteiger charge is 2.42. The standard InChI is InChI=1S/C42H62N12O16/c1-18(35(61)50-23-8-6-14-53(70)41(23)67)47-39(65)31(20(3)55)51-36(62)19(2)48-40(66)32(33(60)42(68)69)52-37(63)22(43)7-4-5-12-46-38(64)25-11-13-45-34-24(49-30(59)10-9-29(44)58)15-21-16-27(56)28(57)17-26(21)54(25)34/h16-20,22-25,31-33,55-57,60,70H,4-15,43H2,1-3H3,(H2,44,58)(H,46,64)(H,47,65)(H,48,66)(H,49,59)(H,50,61)(H,51,62)(H,52,63)(H,68,69). The van der Waals surface area contributed by atoms with Crippen molar-refractivity contribution in [2.24, 2.45) is 16.5 Å². The van der Waals surface area contributed by atoms with Crippen molar-refractivity contribution < 1.29 is 78.7 Å². The van der Waals surface area contributed by atoms with Crippen molar-refractivity contribution in [2.75, 3.05) is 24.5 Å². The zero-order valence-electron chi connectivity index (χ0n) is 38.7. The van der Waals surface area contributed by atoms with Crippen LogP contribution in [0.1, 0.15) is 77.7 Å². The molecule has 4 rings (SSSR count). The number of carbonyl (C=O) groups is 10. The number of primary amides is 1. The van der Waals surface area contributed by atoms with Gasteiger partial charge in [0, 0.05) is 45.0 Å². The van der Waals surface area contributed by atoms with Crippen LogP contribution in [0.4, 0.5) is 5.69 Å². The number of carboxylic acids is 1. The normalized spacial score (nSPS) is 20.5. The fraction of sp³-hybridized carbons (Fsp3) is 0.595. The van der Waals surface area contributed by atoms with E-state index in [1.165, 1.54) is 19.1 Å². The van der Waals surface area contributed by atoms with Gasteiger partial charge in [0.2, 0.25) is 47.3 Å². The van der Waals surface area contributed by atoms with Crippen molar-refractivity contribution in [3.05, 3.63) is 17.7 Å². The summed E-state index contributed by atoms with van der Waals surface area (Å²) >= 11 is 0. The summed E-state index contributed by atoms with van der Waals surface area (Å²) in [5, 5.41) is 77.5. The number of carboxylic acid groups (broad SMARTS) is 1. The fourth-order valence-electron chi connectivity index (χ4n) is 7.76. The van der Waals surface area contributed by atoms with Gasteiger partial charge < -0.3 is 79.1 Å². The molecule has 1 saturated heterocycles. The zero-order valence-corrected chi connectivity index (χ0v) is 38.7. The molecular weight excluding hydrogens is 929 g/mol. The smallest absolute Gasteiger partial charge is 0.335 e. The number of fused-ring (bicyclic) bond motifs is 3. The van der Waals surface area contributed by atoms with Gasteiger partial charge in [-0.2, -0.15) is 0 Å². The van der Waals surface area contributed by atoms with E-state index < -0.39 is 131 Å². The Morgan fingerprint density at radius 3 is 2.07 bits per heavy atom. The van der Waals surface area contributed by atoms with Gasteiger partial charge in [-0.15, -0.1) is 0 Å². The van der Waals surface area contributed by atoms with E-state index in [2.05, 4.69) is 42.2 Å². The molecule has 1 aromatic carbocycles. The summed E-state index contributed by atoms with van der Waals surface area (Å²) in [7, 11) is 0. The Kier molecular flexibility index (Phi) is 19.7. The van der Waals surface area contributed by atoms with Gasteiger partial charge in [0.05, 0.1) is 23.9 Å². The Hall–Kier alpha value is -7.17. The van der Waals surface area contributed by atoms with Crippen LogP contribution in [0.25, 0.3) is 0 Å². The molecule has 3 aliphatic rings. The van der Waals surface area contributed by atoms with Crippen LogP contribution >= 0.6 is 0 Å². The van der Waals surface area contributed by atoms with Gasteiger partial charge in [-0.05, 0) is 70.9 Å². The van der Waals surface area contributed by atoms with E-state index in [1.54, 1.807) is 4.90 Å². The van der Waals surface area contributed by atoms with Crippen molar-refractivity contribution in [1.29, 1.82) is 0 Å². The van der Waals surface area contributed by atoms with Gasteiger partial charge in [0.1, 0.15) is 42.1 Å². The number of benzene rings is 1. The number of hydrogen-bond donors (Lipinski definition) is 15. The summed E-state index contributed by atoms with van der Waals surface area (Å²) in [5.74, 6) is -10.2. The van der Waals surface area contributed by atoms with Gasteiger partial charge in [0.15, 0.2) is 17.6 Å². The number of aliphatic carboxylic acids is 1. The Labute approximate surface area is 400 Å². The number of amides is 9. The van der Waals surface area contributed by atoms with Gasteiger partial charge in [-0.25, -0.2) is 9.86 Å². The molecule has 0 spiro atoms. The molecule has 3 aliphatic heterocycles. The minimum atomic E-state index is -2.53. The Morgan fingerprint density at radius 2 is 1.43 bits per heavy atom. The zero-order chi connectivity index (χ0) is 52.1. The van der Waals surface area contributed by atoms with E-state index in [-0.39, 0.29) is 71.0 Å². The molecule has 17 N–H and O–H groups in total. The molecule has 1 fully saturated rings. The molecule has 1 aromatic rings. The first-order valence-electron chi connectivity index (χ1n) is 22.5. The average molecular weight is 991 g/mol. The topological polar surface area (TPSA) is 447 Å². The largest absolute Gasteiger partial charge is 0.504 e. The van der Waals surface area contributed by atoms with Gasteiger partial charge >= 0.3 is 5.97 Å². The van der Waals surface area contributed by atoms with E-state index in [4.69, 9.17) is 11.5 Å². The molecule has 10 atom stereocenters. The third kappa shape index (κ3) is 14.7. The second-order valence-electron chi connectivity index (χ2n) is 17.2. The number of piperidine rings is 1. The van der Waals surface area contributed by atoms with Crippen molar-refractivity contribution >= 4 is 70.7 Å². The third-order valence-corrected chi connectivity index (χ3v) is 11.7. The molecule has 386 valence electrons. The molecule has 9 amide bonds. The number of aliphatic imine (C=N–C) groups is 1. The van der Waals surface area contributed by atoms with Crippen LogP contribution in [0.5, 0.6) is 11.5 Å². The van der Waals surface area contributed by atoms with E-state index in [0.717, 1.165) is 13.8 Å². The van der Waals surface area contributed by atoms with Crippen molar-refractivity contribution in [3.8, 4) is 11.5 Å². The van der Waals surface area contributed by atoms with Crippen LogP contribution in [0, 0.1) is 0 Å². The number of aliphatic hydroxyl groups is 2. The van der Waals surface area contributed by atoms with E-state index in [1.807, 2.05) is 0 Å². The summed E-state index contributed by atoms with van der Waals surface area (Å²) in [5.41, 5.74) is 12.1. The maximum absolute atomic E-state index is 13.7. The SMILES string of the molecule is CC(NC(=O)C(NC(=O)C(C)NC(=O)C(NC(=O)C(N)CCCCNC(=O)C1CCN=C2C(NC(=O)CCC(N)=O)Cc3cc(O)c(O)cc3N21)C(O)C(=O)O)C(C)O)C(=O)NC1CCCN(O)C1=O. The van der Waals surface area contributed by atoms with E-state index in [9.17, 15) is 78.7 Å². The van der Waals surface area contributed by atoms with E-state index >= 15 is 0 Å². The van der Waals surface area contributed by atoms with Crippen LogP contribution in [0.15, 0.2) is 17.1 Å². The molecular formula is C42H62N12O16. The van der Waals surface area contributed by atoms with Crippen LogP contribution in [-0.2, 0) is 54.4 Å². The Balaban J connectivity index is 1.29. The number of unbranched alkanes of at least 4 members (excludes halogenated alkanes) is 1. The lowest BCUT2D eigenvalue weighted by molar-refractivity contribution is -0.173. The molecule has 10 unspecified atom stereocenters. The predicted octanol–water partition coefficient (Wildman–Crippen LogP) is -5.70. The van der Waals surface area contributed by atoms with Crippen LogP contribution in [0.2, 0.25) is 0 Å². The summed E-state index contributed by atoms with van der Waals surface area (Å²) in [4.78, 5) is 133. The number of hydroxylamine groups is 2. The second kappa shape index (κ2) is 24.9. The Morgan fingerprint density at radius 1 is 0.800 bits per heavy atom. The Bertz CT molecular complexity index is 2210. The number of phenols is 2. The molecule has 0 aromatic heterocycles. The van der Waals surface area contributed by atoms with Gasteiger partial charge in [-0.1, -0.05) is 0 Å². The van der Waals surface area contributed by atoms with Crippen molar-refractivity contribution in [3.63, 3.8) is 0 Å². The number of carbonyl (C=O) groups excluding carboxylic acids is 9. The highest BCUT2D eigenvalue weighted by molar-refractivity contribution is 6.10. The lowest BCUT2D eigenvalue weighted by Gasteiger charge is -2.43. The summed E-state index contributed by atoms with van der Waals surface area (Å²) in [6.45, 7) is 3.87. The highest BCUT2D eigenvalue weighted by atomic mass is 16.5. The highest BCUT2D eigenvalue weighted by Crippen LogP contribution is 2.40. The molecule has 70 heavy (non-hydrogen) atoms. The molecule has 28 heteroatoms. The first kappa shape index (κ1) is 55.4. The average Bonchev–Trinajstić information content (AvgIpc) is 3.30. The number of phenolic OH excluding ortho intramolecular Hbond substituents is 2. The number of aliphatic hydroxyl groups excluding tert-OH is 2. The van der Waals surface area contributed by atoms with Crippen LogP contribution in [-0.4, -0.2) is 181 Å². The minimum Gasteiger partial charge on any atom is -0.504 e. The monoisotopic (exact) mass is 990 g/mol. The van der Waals surface area contributed by atoms with Crippen molar-refractivity contribution in [1.82, 2.24) is 42.3 Å². The molecule has 0 saturated carbocycles. The molecule has 0 bridgehead atoms. The minimum absolute atomic E-state index is 0.0549. The molecule has 28 nitrogen and oxygen atoms in total. The summed E-state index contributed by atoms with van der Waals surface area (Å²) in [6.07, 6.45) is -3.05. The maximum atomic E-state index is 13.7. The number of hydrogen-bond acceptors (Lipinski definition) is 18. The molecule has 3 heterocycles. The number of nitrogens with zero attached hydrogens (tertiary/aromatic N) is 3. The number of rotatable bonds is 23. The first-order chi connectivity index (χ1) is 32.9. The second-order valence-corrected chi connectivity index (χ2v) is 17.2. The maximum Gasteiger partial charge on any atom is 0.335 e. The van der Waals surface area contributed by atoms with E-state index in [0.29, 0.717) is 28.6 Å². The lowest BCUT2D eigenvalue weighted by atomic mass is 9.92. The van der Waals surface area contributed by atoms with Gasteiger partial charge in [0.25, 0.3) is 5.91 Å². The number of anilines is 1.